The summed E-state index contributed by atoms with van der Waals surface area (Å²) in [5, 5.41) is 20.7. The van der Waals surface area contributed by atoms with E-state index < -0.39 is 5.60 Å². The van der Waals surface area contributed by atoms with E-state index in [9.17, 15) is 5.11 Å². The summed E-state index contributed by atoms with van der Waals surface area (Å²) >= 11 is 1.65. The molecular formula is C15H21N3OS. The first-order chi connectivity index (χ1) is 9.61. The fourth-order valence-corrected chi connectivity index (χ4v) is 2.76. The lowest BCUT2D eigenvalue weighted by Gasteiger charge is -2.22. The summed E-state index contributed by atoms with van der Waals surface area (Å²) in [6.07, 6.45) is 2.00. The third kappa shape index (κ3) is 4.37. The van der Waals surface area contributed by atoms with E-state index in [1.807, 2.05) is 49.6 Å². The van der Waals surface area contributed by atoms with Gasteiger partial charge in [-0.15, -0.1) is 0 Å². The van der Waals surface area contributed by atoms with Gasteiger partial charge >= 0.3 is 0 Å². The lowest BCUT2D eigenvalue weighted by Crippen LogP contribution is -2.39. The van der Waals surface area contributed by atoms with Gasteiger partial charge in [-0.1, -0.05) is 30.3 Å². The van der Waals surface area contributed by atoms with E-state index in [1.165, 1.54) is 0 Å². The second-order valence-corrected chi connectivity index (χ2v) is 6.04. The molecule has 1 aromatic carbocycles. The molecule has 5 heteroatoms. The molecule has 0 radical (unpaired) electrons. The zero-order valence-electron chi connectivity index (χ0n) is 11.9. The summed E-state index contributed by atoms with van der Waals surface area (Å²) in [5.41, 5.74) is 2.38. The maximum absolute atomic E-state index is 10.1. The lowest BCUT2D eigenvalue weighted by molar-refractivity contribution is 0.0845. The highest BCUT2D eigenvalue weighted by atomic mass is 32.2. The standard InChI is InChI=1S/C15H21N3OS/c1-15(19,11-20-2)10-16-9-13-8-14(18-17-13)12-6-4-3-5-7-12/h3-8,16,19H,9-11H2,1-2H3,(H,17,18). The highest BCUT2D eigenvalue weighted by Crippen LogP contribution is 2.17. The Hall–Kier alpha value is -1.30. The van der Waals surface area contributed by atoms with E-state index >= 15 is 0 Å². The normalized spacial score (nSPS) is 14.2. The third-order valence-corrected chi connectivity index (χ3v) is 3.89. The number of hydrogen-bond donors (Lipinski definition) is 3. The minimum Gasteiger partial charge on any atom is -0.388 e. The Morgan fingerprint density at radius 1 is 1.35 bits per heavy atom. The average molecular weight is 291 g/mol. The van der Waals surface area contributed by atoms with Crippen molar-refractivity contribution in [1.29, 1.82) is 0 Å². The van der Waals surface area contributed by atoms with Crippen LogP contribution < -0.4 is 5.32 Å². The van der Waals surface area contributed by atoms with E-state index in [2.05, 4.69) is 15.5 Å². The Bertz CT molecular complexity index is 525. The number of hydrogen-bond acceptors (Lipinski definition) is 4. The zero-order valence-corrected chi connectivity index (χ0v) is 12.7. The number of aliphatic hydroxyl groups is 1. The van der Waals surface area contributed by atoms with Crippen LogP contribution in [-0.4, -0.2) is 39.5 Å². The molecule has 1 aromatic heterocycles. The lowest BCUT2D eigenvalue weighted by atomic mass is 10.1. The molecule has 4 nitrogen and oxygen atoms in total. The van der Waals surface area contributed by atoms with Gasteiger partial charge in [0.1, 0.15) is 0 Å². The van der Waals surface area contributed by atoms with Crippen molar-refractivity contribution in [2.24, 2.45) is 0 Å². The topological polar surface area (TPSA) is 60.9 Å². The molecule has 0 aliphatic carbocycles. The highest BCUT2D eigenvalue weighted by Gasteiger charge is 2.18. The average Bonchev–Trinajstić information content (AvgIpc) is 2.88. The second-order valence-electron chi connectivity index (χ2n) is 5.18. The number of nitrogens with one attached hydrogen (secondary N) is 2. The van der Waals surface area contributed by atoms with Crippen LogP contribution in [0.4, 0.5) is 0 Å². The van der Waals surface area contributed by atoms with Gasteiger partial charge < -0.3 is 10.4 Å². The molecule has 0 amide bonds. The fraction of sp³-hybridized carbons (Fsp3) is 0.400. The Kier molecular flexibility index (Phi) is 5.23. The molecule has 0 spiro atoms. The molecule has 0 saturated heterocycles. The van der Waals surface area contributed by atoms with E-state index in [0.717, 1.165) is 22.7 Å². The molecule has 20 heavy (non-hydrogen) atoms. The summed E-state index contributed by atoms with van der Waals surface area (Å²) in [6.45, 7) is 3.08. The Balaban J connectivity index is 1.88. The molecule has 2 rings (SSSR count). The van der Waals surface area contributed by atoms with Gasteiger partial charge in [-0.3, -0.25) is 5.10 Å². The van der Waals surface area contributed by atoms with Crippen LogP contribution in [0, 0.1) is 0 Å². The molecule has 2 aromatic rings. The Morgan fingerprint density at radius 2 is 2.10 bits per heavy atom. The van der Waals surface area contributed by atoms with Gasteiger partial charge in [0.05, 0.1) is 11.3 Å². The number of thioether (sulfide) groups is 1. The van der Waals surface area contributed by atoms with Gasteiger partial charge in [0, 0.05) is 30.1 Å². The van der Waals surface area contributed by atoms with Crippen LogP contribution >= 0.6 is 11.8 Å². The smallest absolute Gasteiger partial charge is 0.0924 e. The Labute approximate surface area is 124 Å². The number of H-pyrrole nitrogens is 1. The van der Waals surface area contributed by atoms with Crippen LogP contribution in [-0.2, 0) is 6.54 Å². The van der Waals surface area contributed by atoms with Gasteiger partial charge in [0.15, 0.2) is 0 Å². The van der Waals surface area contributed by atoms with Crippen LogP contribution in [0.1, 0.15) is 12.6 Å². The fourth-order valence-electron chi connectivity index (χ4n) is 2.04. The van der Waals surface area contributed by atoms with Crippen molar-refractivity contribution < 1.29 is 5.11 Å². The molecule has 0 saturated carbocycles. The molecule has 0 aliphatic heterocycles. The zero-order chi connectivity index (χ0) is 14.4. The number of rotatable bonds is 7. The van der Waals surface area contributed by atoms with Gasteiger partial charge in [-0.2, -0.15) is 16.9 Å². The largest absolute Gasteiger partial charge is 0.388 e. The summed E-state index contributed by atoms with van der Waals surface area (Å²) in [4.78, 5) is 0. The Morgan fingerprint density at radius 3 is 2.80 bits per heavy atom. The summed E-state index contributed by atoms with van der Waals surface area (Å²) < 4.78 is 0. The van der Waals surface area contributed by atoms with Crippen molar-refractivity contribution in [3.05, 3.63) is 42.1 Å². The molecule has 108 valence electrons. The van der Waals surface area contributed by atoms with Crippen LogP contribution in [0.3, 0.4) is 0 Å². The third-order valence-electron chi connectivity index (χ3n) is 2.98. The van der Waals surface area contributed by atoms with Crippen molar-refractivity contribution in [1.82, 2.24) is 15.5 Å². The molecule has 1 atom stereocenters. The SMILES string of the molecule is CSCC(C)(O)CNCc1cc(-c2ccccc2)n[nH]1. The van der Waals surface area contributed by atoms with Gasteiger partial charge in [-0.05, 0) is 19.2 Å². The molecule has 0 fully saturated rings. The van der Waals surface area contributed by atoms with Gasteiger partial charge in [0.25, 0.3) is 0 Å². The van der Waals surface area contributed by atoms with E-state index in [1.54, 1.807) is 11.8 Å². The van der Waals surface area contributed by atoms with Crippen molar-refractivity contribution in [3.63, 3.8) is 0 Å². The van der Waals surface area contributed by atoms with Crippen molar-refractivity contribution in [2.45, 2.75) is 19.1 Å². The number of aromatic amines is 1. The first-order valence-electron chi connectivity index (χ1n) is 6.62. The summed E-state index contributed by atoms with van der Waals surface area (Å²) in [7, 11) is 0. The quantitative estimate of drug-likeness (QED) is 0.732. The molecular weight excluding hydrogens is 270 g/mol. The minimum atomic E-state index is -0.679. The monoisotopic (exact) mass is 291 g/mol. The van der Waals surface area contributed by atoms with Crippen molar-refractivity contribution in [3.8, 4) is 11.3 Å². The van der Waals surface area contributed by atoms with Crippen molar-refractivity contribution in [2.75, 3.05) is 18.6 Å². The van der Waals surface area contributed by atoms with Crippen LogP contribution in [0.25, 0.3) is 11.3 Å². The molecule has 1 heterocycles. The van der Waals surface area contributed by atoms with Crippen LogP contribution in [0.5, 0.6) is 0 Å². The van der Waals surface area contributed by atoms with Crippen molar-refractivity contribution >= 4 is 11.8 Å². The summed E-state index contributed by atoms with van der Waals surface area (Å²) in [5.74, 6) is 0.720. The van der Waals surface area contributed by atoms with Gasteiger partial charge in [-0.25, -0.2) is 0 Å². The molecule has 0 aliphatic rings. The number of benzene rings is 1. The van der Waals surface area contributed by atoms with E-state index in [-0.39, 0.29) is 0 Å². The highest BCUT2D eigenvalue weighted by molar-refractivity contribution is 7.98. The maximum Gasteiger partial charge on any atom is 0.0924 e. The molecule has 3 N–H and O–H groups in total. The predicted molar refractivity (Wildman–Crippen MR) is 84.7 cm³/mol. The number of nitrogens with zero attached hydrogens (tertiary/aromatic N) is 1. The minimum absolute atomic E-state index is 0.563. The van der Waals surface area contributed by atoms with E-state index in [4.69, 9.17) is 0 Å². The predicted octanol–water partition coefficient (Wildman–Crippen LogP) is 2.28. The first kappa shape index (κ1) is 15.1. The number of aromatic nitrogens is 2. The van der Waals surface area contributed by atoms with Gasteiger partial charge in [0.2, 0.25) is 0 Å². The van der Waals surface area contributed by atoms with E-state index in [0.29, 0.717) is 13.1 Å². The van der Waals surface area contributed by atoms with Crippen LogP contribution in [0.2, 0.25) is 0 Å². The molecule has 1 unspecified atom stereocenters. The first-order valence-corrected chi connectivity index (χ1v) is 8.02. The molecule has 0 bridgehead atoms. The van der Waals surface area contributed by atoms with Crippen LogP contribution in [0.15, 0.2) is 36.4 Å². The summed E-state index contributed by atoms with van der Waals surface area (Å²) in [6, 6.07) is 12.1. The maximum atomic E-state index is 10.1. The second kappa shape index (κ2) is 6.92.